The number of ether oxygens (including phenoxy) is 2. The lowest BCUT2D eigenvalue weighted by atomic mass is 10.1. The Kier molecular flexibility index (Phi) is 11.1. The fourth-order valence-corrected chi connectivity index (χ4v) is 3.25. The van der Waals surface area contributed by atoms with Gasteiger partial charge in [-0.3, -0.25) is 9.80 Å². The molecule has 0 saturated carbocycles. The van der Waals surface area contributed by atoms with Crippen LogP contribution in [-0.4, -0.2) is 55.2 Å². The highest BCUT2D eigenvalue weighted by Gasteiger charge is 2.40. The van der Waals surface area contributed by atoms with Gasteiger partial charge >= 0.3 is 0 Å². The zero-order valence-electron chi connectivity index (χ0n) is 15.4. The van der Waals surface area contributed by atoms with Crippen molar-refractivity contribution in [1.82, 2.24) is 9.80 Å². The number of rotatable bonds is 13. The van der Waals surface area contributed by atoms with Crippen molar-refractivity contribution in [3.05, 3.63) is 0 Å². The van der Waals surface area contributed by atoms with Crippen molar-refractivity contribution in [3.63, 3.8) is 0 Å². The molecule has 1 heterocycles. The fourth-order valence-electron chi connectivity index (χ4n) is 3.25. The normalized spacial score (nSPS) is 23.5. The minimum absolute atomic E-state index is 0.102. The average Bonchev–Trinajstić information content (AvgIpc) is 2.82. The van der Waals surface area contributed by atoms with Gasteiger partial charge < -0.3 is 9.47 Å². The summed E-state index contributed by atoms with van der Waals surface area (Å²) in [5, 5.41) is 0. The Morgan fingerprint density at radius 2 is 1.23 bits per heavy atom. The van der Waals surface area contributed by atoms with Gasteiger partial charge in [-0.25, -0.2) is 0 Å². The van der Waals surface area contributed by atoms with Crippen molar-refractivity contribution in [2.45, 2.75) is 85.1 Å². The van der Waals surface area contributed by atoms with Crippen LogP contribution in [0.3, 0.4) is 0 Å². The average molecular weight is 315 g/mol. The van der Waals surface area contributed by atoms with Crippen LogP contribution in [0.4, 0.5) is 0 Å². The first-order valence-corrected chi connectivity index (χ1v) is 9.49. The summed E-state index contributed by atoms with van der Waals surface area (Å²) in [5.74, 6) is 0. The topological polar surface area (TPSA) is 24.9 Å². The molecule has 0 bridgehead atoms. The van der Waals surface area contributed by atoms with E-state index in [1.54, 1.807) is 0 Å². The molecule has 1 rings (SSSR count). The summed E-state index contributed by atoms with van der Waals surface area (Å²) in [6.07, 6.45) is 9.42. The van der Waals surface area contributed by atoms with E-state index in [-0.39, 0.29) is 12.5 Å². The smallest absolute Gasteiger partial charge is 0.151 e. The van der Waals surface area contributed by atoms with E-state index < -0.39 is 0 Å². The molecule has 1 aliphatic heterocycles. The molecule has 132 valence electrons. The van der Waals surface area contributed by atoms with Gasteiger partial charge in [0, 0.05) is 26.3 Å². The molecule has 1 aliphatic rings. The van der Waals surface area contributed by atoms with E-state index in [0.29, 0.717) is 0 Å². The van der Waals surface area contributed by atoms with Crippen molar-refractivity contribution >= 4 is 0 Å². The van der Waals surface area contributed by atoms with E-state index in [2.05, 4.69) is 37.5 Å². The Hall–Kier alpha value is -0.160. The van der Waals surface area contributed by atoms with Crippen molar-refractivity contribution in [2.24, 2.45) is 0 Å². The molecule has 0 amide bonds. The molecule has 0 aromatic carbocycles. The summed E-state index contributed by atoms with van der Waals surface area (Å²) < 4.78 is 12.0. The van der Waals surface area contributed by atoms with E-state index in [0.717, 1.165) is 39.4 Å². The Morgan fingerprint density at radius 1 is 0.682 bits per heavy atom. The summed E-state index contributed by atoms with van der Waals surface area (Å²) in [6.45, 7) is 13.3. The van der Waals surface area contributed by atoms with Crippen molar-refractivity contribution in [2.75, 3.05) is 33.0 Å². The van der Waals surface area contributed by atoms with E-state index >= 15 is 0 Å². The second-order valence-electron chi connectivity index (χ2n) is 6.23. The number of nitrogens with zero attached hydrogens (tertiary/aromatic N) is 2. The van der Waals surface area contributed by atoms with Gasteiger partial charge in [-0.2, -0.15) is 0 Å². The minimum Gasteiger partial charge on any atom is -0.359 e. The molecule has 0 aliphatic carbocycles. The second-order valence-corrected chi connectivity index (χ2v) is 6.23. The first kappa shape index (κ1) is 19.9. The molecule has 0 aromatic rings. The van der Waals surface area contributed by atoms with E-state index in [9.17, 15) is 0 Å². The maximum absolute atomic E-state index is 6.01. The van der Waals surface area contributed by atoms with Crippen LogP contribution in [0.1, 0.15) is 72.6 Å². The third-order valence-electron chi connectivity index (χ3n) is 4.31. The third kappa shape index (κ3) is 6.53. The molecular weight excluding hydrogens is 276 g/mol. The van der Waals surface area contributed by atoms with Crippen LogP contribution in [0.5, 0.6) is 0 Å². The van der Waals surface area contributed by atoms with Crippen LogP contribution in [0.25, 0.3) is 0 Å². The molecular formula is C18H38N2O2. The van der Waals surface area contributed by atoms with Gasteiger partial charge in [0.2, 0.25) is 0 Å². The van der Waals surface area contributed by atoms with Crippen LogP contribution in [-0.2, 0) is 9.47 Å². The Bertz CT molecular complexity index is 263. The number of hydrogen-bond donors (Lipinski definition) is 0. The summed E-state index contributed by atoms with van der Waals surface area (Å²) >= 11 is 0. The zero-order valence-corrected chi connectivity index (χ0v) is 15.4. The molecule has 2 unspecified atom stereocenters. The monoisotopic (exact) mass is 314 g/mol. The first-order chi connectivity index (χ1) is 10.8. The second kappa shape index (κ2) is 12.3. The molecule has 1 saturated heterocycles. The van der Waals surface area contributed by atoms with Crippen LogP contribution < -0.4 is 0 Å². The molecule has 1 fully saturated rings. The van der Waals surface area contributed by atoms with Gasteiger partial charge in [0.25, 0.3) is 0 Å². The van der Waals surface area contributed by atoms with Gasteiger partial charge in [0.05, 0.1) is 6.67 Å². The lowest BCUT2D eigenvalue weighted by Crippen LogP contribution is -2.42. The fraction of sp³-hybridized carbons (Fsp3) is 1.00. The maximum Gasteiger partial charge on any atom is 0.151 e. The van der Waals surface area contributed by atoms with Crippen LogP contribution in [0.2, 0.25) is 0 Å². The lowest BCUT2D eigenvalue weighted by molar-refractivity contribution is -0.131. The summed E-state index contributed by atoms with van der Waals surface area (Å²) in [6, 6.07) is 0. The molecule has 4 heteroatoms. The predicted molar refractivity (Wildman–Crippen MR) is 92.8 cm³/mol. The molecule has 0 radical (unpaired) electrons. The van der Waals surface area contributed by atoms with Crippen LogP contribution in [0.15, 0.2) is 0 Å². The largest absolute Gasteiger partial charge is 0.359 e. The Morgan fingerprint density at radius 3 is 1.77 bits per heavy atom. The van der Waals surface area contributed by atoms with E-state index in [1.807, 2.05) is 0 Å². The van der Waals surface area contributed by atoms with E-state index in [4.69, 9.17) is 9.47 Å². The lowest BCUT2D eigenvalue weighted by Gasteiger charge is -2.27. The third-order valence-corrected chi connectivity index (χ3v) is 4.31. The van der Waals surface area contributed by atoms with Crippen LogP contribution >= 0.6 is 0 Å². The Balaban J connectivity index is 2.44. The maximum atomic E-state index is 6.01. The highest BCUT2D eigenvalue weighted by Crippen LogP contribution is 2.24. The molecule has 4 nitrogen and oxygen atoms in total. The minimum atomic E-state index is 0.102. The summed E-state index contributed by atoms with van der Waals surface area (Å²) in [4.78, 5) is 4.90. The molecule has 0 aromatic heterocycles. The SMILES string of the molecule is CCCCCCCCN1CN(CCC)C(OCC)C1OCC. The van der Waals surface area contributed by atoms with Gasteiger partial charge in [-0.05, 0) is 26.7 Å². The standard InChI is InChI=1S/C18H38N2O2/c1-5-9-10-11-12-13-15-20-16-19(14-6-2)17(21-7-3)18(20)22-8-4/h17-18H,5-16H2,1-4H3. The van der Waals surface area contributed by atoms with E-state index in [1.165, 1.54) is 38.5 Å². The first-order valence-electron chi connectivity index (χ1n) is 9.49. The molecule has 0 N–H and O–H groups in total. The van der Waals surface area contributed by atoms with Gasteiger partial charge in [-0.15, -0.1) is 0 Å². The van der Waals surface area contributed by atoms with Gasteiger partial charge in [-0.1, -0.05) is 46.0 Å². The van der Waals surface area contributed by atoms with Crippen LogP contribution in [0, 0.1) is 0 Å². The molecule has 0 spiro atoms. The number of hydrogen-bond acceptors (Lipinski definition) is 4. The van der Waals surface area contributed by atoms with Crippen molar-refractivity contribution < 1.29 is 9.47 Å². The van der Waals surface area contributed by atoms with Crippen molar-refractivity contribution in [3.8, 4) is 0 Å². The molecule has 2 atom stereocenters. The predicted octanol–water partition coefficient (Wildman–Crippen LogP) is 4.06. The Labute approximate surface area is 138 Å². The summed E-state index contributed by atoms with van der Waals surface area (Å²) in [5.41, 5.74) is 0. The number of unbranched alkanes of at least 4 members (excludes halogenated alkanes) is 5. The van der Waals surface area contributed by atoms with Gasteiger partial charge in [0.1, 0.15) is 0 Å². The zero-order chi connectivity index (χ0) is 16.2. The van der Waals surface area contributed by atoms with Gasteiger partial charge in [0.15, 0.2) is 12.5 Å². The quantitative estimate of drug-likeness (QED) is 0.479. The van der Waals surface area contributed by atoms with Crippen molar-refractivity contribution in [1.29, 1.82) is 0 Å². The molecule has 22 heavy (non-hydrogen) atoms. The highest BCUT2D eigenvalue weighted by molar-refractivity contribution is 4.82. The summed E-state index contributed by atoms with van der Waals surface area (Å²) in [7, 11) is 0. The highest BCUT2D eigenvalue weighted by atomic mass is 16.6.